The molecule has 0 saturated carbocycles. The molecule has 4 aromatic rings. The van der Waals surface area contributed by atoms with Gasteiger partial charge in [0.2, 0.25) is 5.91 Å². The van der Waals surface area contributed by atoms with Crippen LogP contribution < -0.4 is 10.6 Å². The summed E-state index contributed by atoms with van der Waals surface area (Å²) in [6.07, 6.45) is 2.22. The van der Waals surface area contributed by atoms with E-state index in [0.29, 0.717) is 28.3 Å². The number of rotatable bonds is 11. The number of halogens is 1. The normalized spacial score (nSPS) is 11.9. The van der Waals surface area contributed by atoms with E-state index in [4.69, 9.17) is 21.3 Å². The van der Waals surface area contributed by atoms with E-state index in [1.54, 1.807) is 31.3 Å². The summed E-state index contributed by atoms with van der Waals surface area (Å²) in [6.45, 7) is 4.46. The van der Waals surface area contributed by atoms with Gasteiger partial charge in [-0.05, 0) is 71.8 Å². The number of hydrogen-bond acceptors (Lipinski definition) is 4. The fourth-order valence-electron chi connectivity index (χ4n) is 4.75. The summed E-state index contributed by atoms with van der Waals surface area (Å²) in [7, 11) is 1.56. The SMILES string of the molecule is CNC(=O)C[C@@H](Cc1ccc(C#N)cc1)NC(=O)c1cc(-c2ccc(CCC(C)(C)c3ccccc3)o2)ccc1Cl. The average molecular weight is 568 g/mol. The van der Waals surface area contributed by atoms with Crippen LogP contribution in [0.1, 0.15) is 59.5 Å². The lowest BCUT2D eigenvalue weighted by Crippen LogP contribution is -2.40. The lowest BCUT2D eigenvalue weighted by molar-refractivity contribution is -0.121. The van der Waals surface area contributed by atoms with Crippen LogP contribution in [0.2, 0.25) is 5.02 Å². The Morgan fingerprint density at radius 2 is 1.73 bits per heavy atom. The van der Waals surface area contributed by atoms with Gasteiger partial charge in [-0.1, -0.05) is 67.9 Å². The Morgan fingerprint density at radius 3 is 2.41 bits per heavy atom. The molecule has 6 nitrogen and oxygen atoms in total. The smallest absolute Gasteiger partial charge is 0.253 e. The minimum Gasteiger partial charge on any atom is -0.461 e. The fourth-order valence-corrected chi connectivity index (χ4v) is 4.96. The van der Waals surface area contributed by atoms with Crippen molar-refractivity contribution in [1.82, 2.24) is 10.6 Å². The predicted octanol–water partition coefficient (Wildman–Crippen LogP) is 6.86. The summed E-state index contributed by atoms with van der Waals surface area (Å²) in [5.41, 5.74) is 3.77. The van der Waals surface area contributed by atoms with E-state index in [2.05, 4.69) is 54.8 Å². The van der Waals surface area contributed by atoms with Crippen LogP contribution in [0, 0.1) is 11.3 Å². The van der Waals surface area contributed by atoms with Gasteiger partial charge in [0.1, 0.15) is 11.5 Å². The summed E-state index contributed by atoms with van der Waals surface area (Å²) in [5.74, 6) is 0.957. The Kier molecular flexibility index (Phi) is 9.65. The highest BCUT2D eigenvalue weighted by Crippen LogP contribution is 2.31. The van der Waals surface area contributed by atoms with Crippen molar-refractivity contribution in [2.75, 3.05) is 7.05 Å². The highest BCUT2D eigenvalue weighted by atomic mass is 35.5. The van der Waals surface area contributed by atoms with Gasteiger partial charge in [0, 0.05) is 31.5 Å². The predicted molar refractivity (Wildman–Crippen MR) is 162 cm³/mol. The Morgan fingerprint density at radius 1 is 1.00 bits per heavy atom. The zero-order chi connectivity index (χ0) is 29.4. The summed E-state index contributed by atoms with van der Waals surface area (Å²) < 4.78 is 6.17. The highest BCUT2D eigenvalue weighted by molar-refractivity contribution is 6.34. The molecule has 2 N–H and O–H groups in total. The Labute approximate surface area is 246 Å². The van der Waals surface area contributed by atoms with Gasteiger partial charge >= 0.3 is 0 Å². The number of nitriles is 1. The van der Waals surface area contributed by atoms with Crippen molar-refractivity contribution in [3.8, 4) is 17.4 Å². The van der Waals surface area contributed by atoms with Crippen LogP contribution in [-0.2, 0) is 23.1 Å². The van der Waals surface area contributed by atoms with Crippen LogP contribution in [0.5, 0.6) is 0 Å². The van der Waals surface area contributed by atoms with Crippen molar-refractivity contribution < 1.29 is 14.0 Å². The summed E-state index contributed by atoms with van der Waals surface area (Å²) >= 11 is 6.45. The number of nitrogens with one attached hydrogen (secondary N) is 2. The second-order valence-corrected chi connectivity index (χ2v) is 11.2. The van der Waals surface area contributed by atoms with Crippen LogP contribution in [0.3, 0.4) is 0 Å². The van der Waals surface area contributed by atoms with Crippen molar-refractivity contribution in [3.05, 3.63) is 118 Å². The van der Waals surface area contributed by atoms with Crippen LogP contribution >= 0.6 is 11.6 Å². The molecule has 1 heterocycles. The molecule has 1 atom stereocenters. The molecule has 0 spiro atoms. The van der Waals surface area contributed by atoms with Crippen LogP contribution in [-0.4, -0.2) is 24.9 Å². The van der Waals surface area contributed by atoms with Gasteiger partial charge in [0.15, 0.2) is 0 Å². The third kappa shape index (κ3) is 7.87. The zero-order valence-corrected chi connectivity index (χ0v) is 24.3. The summed E-state index contributed by atoms with van der Waals surface area (Å²) in [6, 6.07) is 28.3. The number of amides is 2. The zero-order valence-electron chi connectivity index (χ0n) is 23.5. The van der Waals surface area contributed by atoms with Crippen molar-refractivity contribution in [1.29, 1.82) is 5.26 Å². The first kappa shape index (κ1) is 29.6. The molecule has 2 amide bonds. The van der Waals surface area contributed by atoms with Crippen molar-refractivity contribution in [2.45, 2.75) is 51.0 Å². The van der Waals surface area contributed by atoms with Crippen molar-refractivity contribution >= 4 is 23.4 Å². The van der Waals surface area contributed by atoms with Crippen LogP contribution in [0.4, 0.5) is 0 Å². The molecule has 41 heavy (non-hydrogen) atoms. The van der Waals surface area contributed by atoms with Gasteiger partial charge in [-0.3, -0.25) is 9.59 Å². The van der Waals surface area contributed by atoms with Gasteiger partial charge in [-0.2, -0.15) is 5.26 Å². The molecule has 0 saturated heterocycles. The molecule has 0 aliphatic heterocycles. The summed E-state index contributed by atoms with van der Waals surface area (Å²) in [5, 5.41) is 15.0. The molecule has 0 aliphatic carbocycles. The van der Waals surface area contributed by atoms with Gasteiger partial charge in [-0.15, -0.1) is 0 Å². The molecule has 1 aromatic heterocycles. The first-order valence-electron chi connectivity index (χ1n) is 13.6. The molecular formula is C34H34ClN3O3. The number of carbonyl (C=O) groups is 2. The van der Waals surface area contributed by atoms with E-state index in [9.17, 15) is 9.59 Å². The number of benzene rings is 3. The molecule has 7 heteroatoms. The molecule has 210 valence electrons. The number of carbonyl (C=O) groups excluding carboxylic acids is 2. The minimum absolute atomic E-state index is 0.00270. The first-order chi connectivity index (χ1) is 19.7. The monoisotopic (exact) mass is 567 g/mol. The van der Waals surface area contributed by atoms with Crippen molar-refractivity contribution in [2.24, 2.45) is 0 Å². The van der Waals surface area contributed by atoms with Crippen LogP contribution in [0.15, 0.2) is 89.3 Å². The molecule has 0 radical (unpaired) electrons. The quantitative estimate of drug-likeness (QED) is 0.207. The lowest BCUT2D eigenvalue weighted by Gasteiger charge is -2.24. The Bertz CT molecular complexity index is 1540. The maximum absolute atomic E-state index is 13.4. The molecule has 3 aromatic carbocycles. The molecule has 0 unspecified atom stereocenters. The summed E-state index contributed by atoms with van der Waals surface area (Å²) in [4.78, 5) is 25.6. The van der Waals surface area contributed by atoms with E-state index in [-0.39, 0.29) is 23.7 Å². The molecule has 0 fully saturated rings. The maximum atomic E-state index is 13.4. The molecular weight excluding hydrogens is 534 g/mol. The number of hydrogen-bond donors (Lipinski definition) is 2. The lowest BCUT2D eigenvalue weighted by atomic mass is 9.80. The molecule has 4 rings (SSSR count). The van der Waals surface area contributed by atoms with E-state index < -0.39 is 6.04 Å². The second-order valence-electron chi connectivity index (χ2n) is 10.8. The average Bonchev–Trinajstić information content (AvgIpc) is 3.46. The van der Waals surface area contributed by atoms with Gasteiger partial charge in [0.25, 0.3) is 5.91 Å². The second kappa shape index (κ2) is 13.3. The molecule has 0 aliphatic rings. The third-order valence-corrected chi connectivity index (χ3v) is 7.65. The molecule has 0 bridgehead atoms. The number of furan rings is 1. The van der Waals surface area contributed by atoms with Crippen molar-refractivity contribution in [3.63, 3.8) is 0 Å². The number of nitrogens with zero attached hydrogens (tertiary/aromatic N) is 1. The third-order valence-electron chi connectivity index (χ3n) is 7.32. The number of aryl methyl sites for hydroxylation is 1. The minimum atomic E-state index is -0.474. The van der Waals surface area contributed by atoms with E-state index in [1.807, 2.05) is 36.4 Å². The highest BCUT2D eigenvalue weighted by Gasteiger charge is 2.22. The largest absolute Gasteiger partial charge is 0.461 e. The standard InChI is InChI=1S/C34H34ClN3O3/c1-34(2,26-7-5-4-6-8-26)18-17-28-14-16-31(41-28)25-13-15-30(35)29(20-25)33(40)38-27(21-32(39)37-3)19-23-9-11-24(22-36)12-10-23/h4-16,20,27H,17-19,21H2,1-3H3,(H,37,39)(H,38,40)/t27-/m1/s1. The van der Waals surface area contributed by atoms with Gasteiger partial charge < -0.3 is 15.1 Å². The van der Waals surface area contributed by atoms with Gasteiger partial charge in [-0.25, -0.2) is 0 Å². The maximum Gasteiger partial charge on any atom is 0.253 e. The van der Waals surface area contributed by atoms with E-state index >= 15 is 0 Å². The van der Waals surface area contributed by atoms with E-state index in [0.717, 1.165) is 29.7 Å². The van der Waals surface area contributed by atoms with Crippen LogP contribution in [0.25, 0.3) is 11.3 Å². The van der Waals surface area contributed by atoms with E-state index in [1.165, 1.54) is 5.56 Å². The first-order valence-corrected chi connectivity index (χ1v) is 14.0. The Hall–Kier alpha value is -4.34. The topological polar surface area (TPSA) is 95.1 Å². The Balaban J connectivity index is 1.47. The van der Waals surface area contributed by atoms with Gasteiger partial charge in [0.05, 0.1) is 22.2 Å². The fraction of sp³-hybridized carbons (Fsp3) is 0.265.